The highest BCUT2D eigenvalue weighted by Crippen LogP contribution is 2.31. The number of amides is 1. The van der Waals surface area contributed by atoms with E-state index in [4.69, 9.17) is 26.2 Å². The summed E-state index contributed by atoms with van der Waals surface area (Å²) in [4.78, 5) is 30.3. The van der Waals surface area contributed by atoms with Crippen LogP contribution in [0.1, 0.15) is 25.9 Å². The van der Waals surface area contributed by atoms with Crippen LogP contribution in [0.25, 0.3) is 0 Å². The number of benzene rings is 1. The highest BCUT2D eigenvalue weighted by Gasteiger charge is 2.19. The lowest BCUT2D eigenvalue weighted by molar-refractivity contribution is 0.0341. The monoisotopic (exact) mass is 411 g/mol. The van der Waals surface area contributed by atoms with Crippen molar-refractivity contribution in [2.45, 2.75) is 6.54 Å². The van der Waals surface area contributed by atoms with Gasteiger partial charge in [-0.25, -0.2) is 9.78 Å². The largest absolute Gasteiger partial charge is 0.496 e. The van der Waals surface area contributed by atoms with Gasteiger partial charge in [-0.2, -0.15) is 0 Å². The Labute approximate surface area is 164 Å². The lowest BCUT2D eigenvalue weighted by Gasteiger charge is -2.25. The number of nitrogens with one attached hydrogen (secondary N) is 1. The number of nitrogens with zero attached hydrogens (tertiary/aromatic N) is 2. The minimum absolute atomic E-state index is 0.0815. The number of aromatic nitrogens is 1. The first kappa shape index (κ1) is 19.6. The number of halogens is 1. The molecule has 3 rings (SSSR count). The number of carboxylic acid groups (broad SMARTS) is 1. The van der Waals surface area contributed by atoms with Crippen LogP contribution in [0.4, 0.5) is 5.69 Å². The number of carbonyl (C=O) groups excluding carboxylic acids is 1. The van der Waals surface area contributed by atoms with E-state index in [0.717, 1.165) is 18.1 Å². The Morgan fingerprint density at radius 2 is 2.15 bits per heavy atom. The molecule has 1 aromatic heterocycles. The molecule has 0 aliphatic carbocycles. The molecule has 2 aromatic rings. The van der Waals surface area contributed by atoms with Gasteiger partial charge in [0.15, 0.2) is 0 Å². The molecule has 0 unspecified atom stereocenters. The first-order chi connectivity index (χ1) is 13.0. The Bertz CT molecular complexity index is 851. The van der Waals surface area contributed by atoms with E-state index >= 15 is 0 Å². The van der Waals surface area contributed by atoms with Crippen molar-refractivity contribution in [1.29, 1.82) is 0 Å². The molecule has 8 nitrogen and oxygen atoms in total. The minimum atomic E-state index is -1.17. The van der Waals surface area contributed by atoms with Gasteiger partial charge in [0.2, 0.25) is 0 Å². The number of anilines is 1. The normalized spacial score (nSPS) is 14.7. The summed E-state index contributed by atoms with van der Waals surface area (Å²) in [6.45, 7) is 3.75. The second kappa shape index (κ2) is 8.66. The molecular formula is C17H18ClN3O5S. The lowest BCUT2D eigenvalue weighted by atomic mass is 10.1. The summed E-state index contributed by atoms with van der Waals surface area (Å²) in [5, 5.41) is 14.4. The average Bonchev–Trinajstić information content (AvgIpc) is 3.12. The summed E-state index contributed by atoms with van der Waals surface area (Å²) in [5.41, 5.74) is 0.453. The summed E-state index contributed by atoms with van der Waals surface area (Å²) in [6, 6.07) is 2.62. The van der Waals surface area contributed by atoms with E-state index in [-0.39, 0.29) is 27.7 Å². The maximum absolute atomic E-state index is 12.5. The zero-order valence-corrected chi connectivity index (χ0v) is 16.1. The van der Waals surface area contributed by atoms with Gasteiger partial charge in [-0.3, -0.25) is 9.69 Å². The van der Waals surface area contributed by atoms with E-state index in [0.29, 0.717) is 19.8 Å². The Morgan fingerprint density at radius 3 is 2.81 bits per heavy atom. The van der Waals surface area contributed by atoms with Crippen LogP contribution < -0.4 is 10.1 Å². The van der Waals surface area contributed by atoms with Gasteiger partial charge < -0.3 is 19.9 Å². The van der Waals surface area contributed by atoms with Crippen molar-refractivity contribution in [3.8, 4) is 5.75 Å². The number of carboxylic acids is 1. The molecule has 1 fully saturated rings. The maximum atomic E-state index is 12.5. The third-order valence-electron chi connectivity index (χ3n) is 4.01. The van der Waals surface area contributed by atoms with E-state index in [1.165, 1.54) is 30.6 Å². The predicted octanol–water partition coefficient (Wildman–Crippen LogP) is 2.59. The standard InChI is InChI=1S/C17H18ClN3O5S/c1-25-14-7-12(11(18)6-10(14)17(23)24)20-16(22)13-9-27-15(19-13)8-21-2-4-26-5-3-21/h6-7,9H,2-5,8H2,1H3,(H,20,22)(H,23,24). The molecule has 144 valence electrons. The van der Waals surface area contributed by atoms with Gasteiger partial charge in [0.1, 0.15) is 22.0 Å². The molecule has 1 aromatic carbocycles. The number of aromatic carboxylic acids is 1. The molecule has 0 atom stereocenters. The van der Waals surface area contributed by atoms with Crippen molar-refractivity contribution in [1.82, 2.24) is 9.88 Å². The Balaban J connectivity index is 1.71. The van der Waals surface area contributed by atoms with Crippen LogP contribution in [0.3, 0.4) is 0 Å². The number of hydrogen-bond acceptors (Lipinski definition) is 7. The topological polar surface area (TPSA) is 101 Å². The van der Waals surface area contributed by atoms with E-state index in [2.05, 4.69) is 15.2 Å². The smallest absolute Gasteiger partial charge is 0.339 e. The maximum Gasteiger partial charge on any atom is 0.339 e. The van der Waals surface area contributed by atoms with Crippen molar-refractivity contribution >= 4 is 40.5 Å². The minimum Gasteiger partial charge on any atom is -0.496 e. The molecule has 0 spiro atoms. The molecule has 0 bridgehead atoms. The van der Waals surface area contributed by atoms with E-state index in [9.17, 15) is 9.59 Å². The zero-order valence-electron chi connectivity index (χ0n) is 14.5. The van der Waals surface area contributed by atoms with Crippen molar-refractivity contribution < 1.29 is 24.2 Å². The van der Waals surface area contributed by atoms with Gasteiger partial charge in [-0.15, -0.1) is 11.3 Å². The molecule has 0 saturated carbocycles. The average molecular weight is 412 g/mol. The Kier molecular flexibility index (Phi) is 6.27. The SMILES string of the molecule is COc1cc(NC(=O)c2csc(CN3CCOCC3)n2)c(Cl)cc1C(=O)O. The molecule has 27 heavy (non-hydrogen) atoms. The molecular weight excluding hydrogens is 394 g/mol. The molecule has 1 aliphatic rings. The van der Waals surface area contributed by atoms with Crippen LogP contribution in [0, 0.1) is 0 Å². The zero-order chi connectivity index (χ0) is 19.4. The molecule has 2 heterocycles. The van der Waals surface area contributed by atoms with Gasteiger partial charge in [-0.1, -0.05) is 11.6 Å². The molecule has 1 amide bonds. The molecule has 1 aliphatic heterocycles. The first-order valence-electron chi connectivity index (χ1n) is 8.14. The van der Waals surface area contributed by atoms with Gasteiger partial charge in [0.25, 0.3) is 5.91 Å². The van der Waals surface area contributed by atoms with E-state index in [1.807, 2.05) is 0 Å². The number of morpholine rings is 1. The third-order valence-corrected chi connectivity index (χ3v) is 5.16. The van der Waals surface area contributed by atoms with E-state index in [1.54, 1.807) is 5.38 Å². The van der Waals surface area contributed by atoms with E-state index < -0.39 is 11.9 Å². The van der Waals surface area contributed by atoms with Crippen molar-refractivity contribution in [3.05, 3.63) is 38.8 Å². The number of thiazole rings is 1. The number of ether oxygens (including phenoxy) is 2. The molecule has 1 saturated heterocycles. The first-order valence-corrected chi connectivity index (χ1v) is 9.40. The molecule has 10 heteroatoms. The second-order valence-electron chi connectivity index (χ2n) is 5.81. The quantitative estimate of drug-likeness (QED) is 0.753. The fraction of sp³-hybridized carbons (Fsp3) is 0.353. The summed E-state index contributed by atoms with van der Waals surface area (Å²) < 4.78 is 10.4. The Hall–Kier alpha value is -2.20. The van der Waals surface area contributed by atoms with Crippen LogP contribution in [0.15, 0.2) is 17.5 Å². The highest BCUT2D eigenvalue weighted by atomic mass is 35.5. The lowest BCUT2D eigenvalue weighted by Crippen LogP contribution is -2.35. The number of methoxy groups -OCH3 is 1. The fourth-order valence-electron chi connectivity index (χ4n) is 2.61. The van der Waals surface area contributed by atoms with Gasteiger partial charge in [0.05, 0.1) is 37.6 Å². The third kappa shape index (κ3) is 4.75. The van der Waals surface area contributed by atoms with Crippen LogP contribution >= 0.6 is 22.9 Å². The summed E-state index contributed by atoms with van der Waals surface area (Å²) in [7, 11) is 1.35. The van der Waals surface area contributed by atoms with Crippen LogP contribution in [0.5, 0.6) is 5.75 Å². The molecule has 2 N–H and O–H groups in total. The summed E-state index contributed by atoms with van der Waals surface area (Å²) in [6.07, 6.45) is 0. The summed E-state index contributed by atoms with van der Waals surface area (Å²) >= 11 is 7.51. The second-order valence-corrected chi connectivity index (χ2v) is 7.16. The van der Waals surface area contributed by atoms with Crippen molar-refractivity contribution in [2.24, 2.45) is 0 Å². The van der Waals surface area contributed by atoms with Crippen LogP contribution in [0.2, 0.25) is 5.02 Å². The molecule has 0 radical (unpaired) electrons. The van der Waals surface area contributed by atoms with Gasteiger partial charge >= 0.3 is 5.97 Å². The number of carbonyl (C=O) groups is 2. The summed E-state index contributed by atoms with van der Waals surface area (Å²) in [5.74, 6) is -1.49. The van der Waals surface area contributed by atoms with Crippen molar-refractivity contribution in [3.63, 3.8) is 0 Å². The number of hydrogen-bond donors (Lipinski definition) is 2. The highest BCUT2D eigenvalue weighted by molar-refractivity contribution is 7.09. The number of rotatable bonds is 6. The Morgan fingerprint density at radius 1 is 1.41 bits per heavy atom. The van der Waals surface area contributed by atoms with Gasteiger partial charge in [-0.05, 0) is 6.07 Å². The van der Waals surface area contributed by atoms with Gasteiger partial charge in [0, 0.05) is 24.5 Å². The predicted molar refractivity (Wildman–Crippen MR) is 101 cm³/mol. The van der Waals surface area contributed by atoms with Crippen molar-refractivity contribution in [2.75, 3.05) is 38.7 Å². The van der Waals surface area contributed by atoms with Crippen LogP contribution in [-0.4, -0.2) is 60.3 Å². The fourth-order valence-corrected chi connectivity index (χ4v) is 3.64. The van der Waals surface area contributed by atoms with Crippen LogP contribution in [-0.2, 0) is 11.3 Å².